The second-order valence-corrected chi connectivity index (χ2v) is 15.0. The van der Waals surface area contributed by atoms with Crippen LogP contribution >= 0.6 is 0 Å². The summed E-state index contributed by atoms with van der Waals surface area (Å²) in [6.07, 6.45) is 5.44. The number of fused-ring (bicyclic) bond motifs is 5. The number of aliphatic hydroxyl groups excluding tert-OH is 3. The van der Waals surface area contributed by atoms with Crippen molar-refractivity contribution in [3.63, 3.8) is 0 Å². The molecule has 6 N–H and O–H groups in total. The Bertz CT molecular complexity index is 1020. The Morgan fingerprint density at radius 2 is 1.69 bits per heavy atom. The third-order valence-electron chi connectivity index (χ3n) is 11.5. The molecule has 11 atom stereocenters. The Kier molecular flexibility index (Phi) is 9.08. The van der Waals surface area contributed by atoms with Crippen molar-refractivity contribution in [1.82, 2.24) is 10.6 Å². The van der Waals surface area contributed by atoms with Crippen molar-refractivity contribution < 1.29 is 37.9 Å². The smallest absolute Gasteiger partial charge is 0.266 e. The molecule has 0 spiro atoms. The molecule has 4 rings (SSSR count). The largest absolute Gasteiger partial charge is 0.393 e. The molecular formula is C28H48N2O8S. The Labute approximate surface area is 232 Å². The predicted octanol–water partition coefficient (Wildman–Crippen LogP) is 1.48. The summed E-state index contributed by atoms with van der Waals surface area (Å²) in [5, 5.41) is 38.3. The molecule has 0 radical (unpaired) electrons. The topological polar surface area (TPSA) is 173 Å². The molecular weight excluding hydrogens is 524 g/mol. The molecule has 0 aromatic carbocycles. The minimum atomic E-state index is -4.16. The molecule has 4 fully saturated rings. The third kappa shape index (κ3) is 6.17. The van der Waals surface area contributed by atoms with E-state index in [2.05, 4.69) is 31.4 Å². The van der Waals surface area contributed by atoms with Crippen molar-refractivity contribution in [2.45, 2.75) is 96.9 Å². The minimum absolute atomic E-state index is 0.0336. The molecule has 4 aliphatic carbocycles. The van der Waals surface area contributed by atoms with Crippen molar-refractivity contribution in [3.8, 4) is 0 Å². The first-order valence-electron chi connectivity index (χ1n) is 14.7. The van der Waals surface area contributed by atoms with Crippen LogP contribution in [0.3, 0.4) is 0 Å². The number of amides is 2. The maximum atomic E-state index is 12.4. The second kappa shape index (κ2) is 11.5. The van der Waals surface area contributed by atoms with Gasteiger partial charge in [0.05, 0.1) is 30.6 Å². The molecule has 2 amide bonds. The number of nitrogens with one attached hydrogen (secondary N) is 2. The molecule has 0 aromatic heterocycles. The third-order valence-corrected chi connectivity index (χ3v) is 12.2. The highest BCUT2D eigenvalue weighted by atomic mass is 32.2. The lowest BCUT2D eigenvalue weighted by Gasteiger charge is -2.63. The molecule has 0 aromatic rings. The summed E-state index contributed by atoms with van der Waals surface area (Å²) >= 11 is 0. The van der Waals surface area contributed by atoms with Crippen LogP contribution in [0.1, 0.15) is 78.6 Å². The van der Waals surface area contributed by atoms with Crippen LogP contribution in [-0.4, -0.2) is 77.3 Å². The van der Waals surface area contributed by atoms with E-state index in [9.17, 15) is 33.3 Å². The van der Waals surface area contributed by atoms with E-state index in [1.54, 1.807) is 0 Å². The van der Waals surface area contributed by atoms with Crippen molar-refractivity contribution in [2.24, 2.45) is 46.3 Å². The molecule has 4 aliphatic rings. The summed E-state index contributed by atoms with van der Waals surface area (Å²) in [6, 6.07) is 0. The molecule has 0 bridgehead atoms. The van der Waals surface area contributed by atoms with Gasteiger partial charge >= 0.3 is 0 Å². The van der Waals surface area contributed by atoms with Gasteiger partial charge in [0.25, 0.3) is 10.1 Å². The van der Waals surface area contributed by atoms with E-state index in [1.807, 2.05) is 0 Å². The van der Waals surface area contributed by atoms with Crippen LogP contribution in [0.4, 0.5) is 0 Å². The first-order chi connectivity index (χ1) is 18.2. The first kappa shape index (κ1) is 30.7. The van der Waals surface area contributed by atoms with Gasteiger partial charge in [-0.1, -0.05) is 20.8 Å². The molecule has 0 heterocycles. The Hall–Kier alpha value is -1.27. The number of hydrogen-bond acceptors (Lipinski definition) is 7. The van der Waals surface area contributed by atoms with Gasteiger partial charge in [0.1, 0.15) is 0 Å². The second-order valence-electron chi connectivity index (χ2n) is 13.5. The fourth-order valence-electron chi connectivity index (χ4n) is 9.34. The molecule has 11 heteroatoms. The maximum absolute atomic E-state index is 12.4. The molecule has 0 saturated heterocycles. The summed E-state index contributed by atoms with van der Waals surface area (Å²) in [5.74, 6) is -0.0801. The maximum Gasteiger partial charge on any atom is 0.266 e. The van der Waals surface area contributed by atoms with Crippen molar-refractivity contribution >= 4 is 21.9 Å². The van der Waals surface area contributed by atoms with E-state index < -0.39 is 34.0 Å². The SMILES string of the molecule is C[C@H](CCC(=O)NCC(=O)NCCS(=O)(=O)O)[C@H]1CC[C@H]2[C@@H]3[C@H](O)CC4C[C@H](O)CCC4(C)[C@H]3C[C@H](O)C12C. The van der Waals surface area contributed by atoms with Crippen LogP contribution in [0, 0.1) is 46.3 Å². The zero-order valence-corrected chi connectivity index (χ0v) is 24.3. The fourth-order valence-corrected chi connectivity index (χ4v) is 9.70. The first-order valence-corrected chi connectivity index (χ1v) is 16.3. The van der Waals surface area contributed by atoms with Gasteiger partial charge in [0.2, 0.25) is 11.8 Å². The average molecular weight is 573 g/mol. The minimum Gasteiger partial charge on any atom is -0.393 e. The Morgan fingerprint density at radius 1 is 0.974 bits per heavy atom. The number of aliphatic hydroxyl groups is 3. The van der Waals surface area contributed by atoms with Gasteiger partial charge in [0.15, 0.2) is 0 Å². The number of carbonyl (C=O) groups excluding carboxylic acids is 2. The lowest BCUT2D eigenvalue weighted by Crippen LogP contribution is -2.62. The van der Waals surface area contributed by atoms with Gasteiger partial charge in [0, 0.05) is 13.0 Å². The monoisotopic (exact) mass is 572 g/mol. The van der Waals surface area contributed by atoms with E-state index in [0.29, 0.717) is 12.8 Å². The van der Waals surface area contributed by atoms with Gasteiger partial charge in [-0.15, -0.1) is 0 Å². The molecule has 3 unspecified atom stereocenters. The van der Waals surface area contributed by atoms with Crippen molar-refractivity contribution in [1.29, 1.82) is 0 Å². The Morgan fingerprint density at radius 3 is 2.38 bits per heavy atom. The van der Waals surface area contributed by atoms with E-state index in [4.69, 9.17) is 4.55 Å². The van der Waals surface area contributed by atoms with Gasteiger partial charge in [-0.05, 0) is 97.7 Å². The standard InChI is InChI=1S/C28H48N2O8S/c1-16(4-7-24(34)30-15-25(35)29-10-11-39(36,37)38)19-5-6-20-26-21(14-23(33)28(19,20)3)27(2)9-8-18(31)12-17(27)13-22(26)32/h16-23,26,31-33H,4-15H2,1-3H3,(H,29,35)(H,30,34)(H,36,37,38)/t16-,17?,18-,19-,20+,21+,22-,23+,26+,27?,28?/m1/s1. The molecule has 4 saturated carbocycles. The van der Waals surface area contributed by atoms with Gasteiger partial charge in [-0.25, -0.2) is 0 Å². The summed E-state index contributed by atoms with van der Waals surface area (Å²) in [7, 11) is -4.16. The predicted molar refractivity (Wildman–Crippen MR) is 145 cm³/mol. The highest BCUT2D eigenvalue weighted by Crippen LogP contribution is 2.68. The van der Waals surface area contributed by atoms with Crippen LogP contribution < -0.4 is 10.6 Å². The van der Waals surface area contributed by atoms with Crippen LogP contribution in [-0.2, 0) is 19.7 Å². The molecule has 224 valence electrons. The van der Waals surface area contributed by atoms with E-state index in [1.165, 1.54) is 0 Å². The van der Waals surface area contributed by atoms with Crippen LogP contribution in [0.2, 0.25) is 0 Å². The van der Waals surface area contributed by atoms with E-state index in [-0.39, 0.29) is 77.9 Å². The summed E-state index contributed by atoms with van der Waals surface area (Å²) < 4.78 is 30.2. The molecule has 39 heavy (non-hydrogen) atoms. The number of hydrogen-bond donors (Lipinski definition) is 6. The van der Waals surface area contributed by atoms with Crippen LogP contribution in [0.15, 0.2) is 0 Å². The highest BCUT2D eigenvalue weighted by molar-refractivity contribution is 7.85. The lowest BCUT2D eigenvalue weighted by molar-refractivity contribution is -0.207. The van der Waals surface area contributed by atoms with Crippen LogP contribution in [0.5, 0.6) is 0 Å². The van der Waals surface area contributed by atoms with Gasteiger partial charge < -0.3 is 26.0 Å². The fraction of sp³-hybridized carbons (Fsp3) is 0.929. The lowest BCUT2D eigenvalue weighted by atomic mass is 9.43. The van der Waals surface area contributed by atoms with Gasteiger partial charge in [-0.2, -0.15) is 8.42 Å². The summed E-state index contributed by atoms with van der Waals surface area (Å²) in [5.41, 5.74) is -0.297. The van der Waals surface area contributed by atoms with Gasteiger partial charge in [-0.3, -0.25) is 14.1 Å². The van der Waals surface area contributed by atoms with Crippen molar-refractivity contribution in [2.75, 3.05) is 18.8 Å². The quantitative estimate of drug-likeness (QED) is 0.225. The van der Waals surface area contributed by atoms with E-state index in [0.717, 1.165) is 38.5 Å². The summed E-state index contributed by atoms with van der Waals surface area (Å²) in [4.78, 5) is 24.2. The molecule has 10 nitrogen and oxygen atoms in total. The Balaban J connectivity index is 1.33. The number of carbonyl (C=O) groups is 2. The normalized spacial score (nSPS) is 42.5. The van der Waals surface area contributed by atoms with Crippen LogP contribution in [0.25, 0.3) is 0 Å². The number of rotatable bonds is 9. The zero-order valence-electron chi connectivity index (χ0n) is 23.5. The average Bonchev–Trinajstić information content (AvgIpc) is 3.20. The molecule has 0 aliphatic heterocycles. The zero-order chi connectivity index (χ0) is 28.8. The van der Waals surface area contributed by atoms with E-state index >= 15 is 0 Å². The van der Waals surface area contributed by atoms with Crippen molar-refractivity contribution in [3.05, 3.63) is 0 Å². The highest BCUT2D eigenvalue weighted by Gasteiger charge is 2.65. The summed E-state index contributed by atoms with van der Waals surface area (Å²) in [6.45, 7) is 6.15.